The Morgan fingerprint density at radius 2 is 2.00 bits per heavy atom. The molecule has 0 spiro atoms. The predicted molar refractivity (Wildman–Crippen MR) is 87.7 cm³/mol. The molecule has 24 heavy (non-hydrogen) atoms. The minimum Gasteiger partial charge on any atom is -0.346 e. The Balaban J connectivity index is 1.45. The molecule has 0 radical (unpaired) electrons. The molecule has 1 N–H and O–H groups in total. The highest BCUT2D eigenvalue weighted by Gasteiger charge is 2.37. The van der Waals surface area contributed by atoms with E-state index in [0.717, 1.165) is 38.3 Å². The zero-order valence-electron chi connectivity index (χ0n) is 13.9. The topological polar surface area (TPSA) is 55.9 Å². The number of benzene rings is 1. The van der Waals surface area contributed by atoms with E-state index in [2.05, 4.69) is 15.1 Å². The van der Waals surface area contributed by atoms with E-state index in [9.17, 15) is 14.0 Å². The van der Waals surface area contributed by atoms with Crippen LogP contribution in [0.15, 0.2) is 24.3 Å². The minimum absolute atomic E-state index is 0.0753. The lowest BCUT2D eigenvalue weighted by molar-refractivity contribution is -0.152. The molecule has 2 amide bonds. The van der Waals surface area contributed by atoms with Crippen molar-refractivity contribution in [3.63, 3.8) is 0 Å². The average Bonchev–Trinajstić information content (AvgIpc) is 2.58. The van der Waals surface area contributed by atoms with Crippen LogP contribution < -0.4 is 5.32 Å². The standard InChI is InChI=1S/C17H23FN4O2/c1-20(11-13-2-4-14(18)5-3-13)6-7-21-8-9-22-15(12-21)10-19-16(23)17(22)24/h2-5,15H,6-12H2,1H3,(H,19,23)/t15-/m1/s1. The fourth-order valence-corrected chi connectivity index (χ4v) is 3.27. The maximum absolute atomic E-state index is 12.9. The number of nitrogens with zero attached hydrogens (tertiary/aromatic N) is 3. The van der Waals surface area contributed by atoms with Crippen molar-refractivity contribution in [1.82, 2.24) is 20.0 Å². The van der Waals surface area contributed by atoms with Crippen molar-refractivity contribution in [3.05, 3.63) is 35.6 Å². The minimum atomic E-state index is -0.487. The summed E-state index contributed by atoms with van der Waals surface area (Å²) in [6.07, 6.45) is 0. The summed E-state index contributed by atoms with van der Waals surface area (Å²) >= 11 is 0. The molecule has 1 atom stereocenters. The average molecular weight is 334 g/mol. The van der Waals surface area contributed by atoms with Gasteiger partial charge in [-0.2, -0.15) is 0 Å². The van der Waals surface area contributed by atoms with Crippen molar-refractivity contribution in [1.29, 1.82) is 0 Å². The molecule has 2 aliphatic rings. The van der Waals surface area contributed by atoms with Crippen molar-refractivity contribution < 1.29 is 14.0 Å². The number of amides is 2. The number of carbonyl (C=O) groups excluding carboxylic acids is 2. The molecule has 2 heterocycles. The fraction of sp³-hybridized carbons (Fsp3) is 0.529. The van der Waals surface area contributed by atoms with Crippen LogP contribution in [0.3, 0.4) is 0 Å². The van der Waals surface area contributed by atoms with Gasteiger partial charge in [-0.25, -0.2) is 4.39 Å². The van der Waals surface area contributed by atoms with E-state index < -0.39 is 11.8 Å². The van der Waals surface area contributed by atoms with Gasteiger partial charge in [-0.3, -0.25) is 14.5 Å². The molecule has 7 heteroatoms. The van der Waals surface area contributed by atoms with Crippen LogP contribution in [-0.2, 0) is 16.1 Å². The summed E-state index contributed by atoms with van der Waals surface area (Å²) < 4.78 is 12.9. The van der Waals surface area contributed by atoms with E-state index in [1.54, 1.807) is 17.0 Å². The first-order valence-corrected chi connectivity index (χ1v) is 8.27. The van der Waals surface area contributed by atoms with Gasteiger partial charge >= 0.3 is 11.8 Å². The van der Waals surface area contributed by atoms with Gasteiger partial charge in [0, 0.05) is 45.8 Å². The lowest BCUT2D eigenvalue weighted by atomic mass is 10.1. The highest BCUT2D eigenvalue weighted by Crippen LogP contribution is 2.13. The normalized spacial score (nSPS) is 21.8. The Morgan fingerprint density at radius 1 is 1.25 bits per heavy atom. The monoisotopic (exact) mass is 334 g/mol. The maximum atomic E-state index is 12.9. The Morgan fingerprint density at radius 3 is 2.75 bits per heavy atom. The van der Waals surface area contributed by atoms with Crippen LogP contribution in [0.1, 0.15) is 5.56 Å². The van der Waals surface area contributed by atoms with Gasteiger partial charge in [0.15, 0.2) is 0 Å². The van der Waals surface area contributed by atoms with Crippen molar-refractivity contribution in [3.8, 4) is 0 Å². The van der Waals surface area contributed by atoms with Crippen molar-refractivity contribution >= 4 is 11.8 Å². The summed E-state index contributed by atoms with van der Waals surface area (Å²) in [4.78, 5) is 29.4. The molecule has 6 nitrogen and oxygen atoms in total. The summed E-state index contributed by atoms with van der Waals surface area (Å²) in [5.74, 6) is -1.11. The van der Waals surface area contributed by atoms with Crippen molar-refractivity contribution in [2.45, 2.75) is 12.6 Å². The number of halogens is 1. The summed E-state index contributed by atoms with van der Waals surface area (Å²) in [5.41, 5.74) is 1.09. The molecular formula is C17H23FN4O2. The lowest BCUT2D eigenvalue weighted by Gasteiger charge is -2.43. The second-order valence-electron chi connectivity index (χ2n) is 6.53. The van der Waals surface area contributed by atoms with Gasteiger partial charge in [0.2, 0.25) is 0 Å². The third kappa shape index (κ3) is 3.91. The van der Waals surface area contributed by atoms with E-state index in [0.29, 0.717) is 13.1 Å². The van der Waals surface area contributed by atoms with Crippen LogP contribution in [0.5, 0.6) is 0 Å². The third-order valence-electron chi connectivity index (χ3n) is 4.68. The molecule has 0 aliphatic carbocycles. The maximum Gasteiger partial charge on any atom is 0.312 e. The van der Waals surface area contributed by atoms with E-state index in [1.807, 2.05) is 7.05 Å². The van der Waals surface area contributed by atoms with Gasteiger partial charge in [0.05, 0.1) is 6.04 Å². The van der Waals surface area contributed by atoms with Crippen molar-refractivity contribution in [2.24, 2.45) is 0 Å². The smallest absolute Gasteiger partial charge is 0.312 e. The zero-order valence-corrected chi connectivity index (χ0v) is 13.9. The van der Waals surface area contributed by atoms with Crippen LogP contribution in [0.25, 0.3) is 0 Å². The van der Waals surface area contributed by atoms with Crippen molar-refractivity contribution in [2.75, 3.05) is 46.3 Å². The number of likely N-dealkylation sites (N-methyl/N-ethyl adjacent to an activating group) is 1. The van der Waals surface area contributed by atoms with E-state index in [-0.39, 0.29) is 11.9 Å². The molecule has 0 aromatic heterocycles. The van der Waals surface area contributed by atoms with Gasteiger partial charge in [-0.1, -0.05) is 12.1 Å². The molecule has 1 aromatic carbocycles. The number of fused-ring (bicyclic) bond motifs is 1. The fourth-order valence-electron chi connectivity index (χ4n) is 3.27. The van der Waals surface area contributed by atoms with Crippen LogP contribution in [0.4, 0.5) is 4.39 Å². The van der Waals surface area contributed by atoms with Gasteiger partial charge in [0.1, 0.15) is 5.82 Å². The Hall–Kier alpha value is -1.99. The molecule has 2 fully saturated rings. The van der Waals surface area contributed by atoms with Gasteiger partial charge < -0.3 is 15.1 Å². The molecule has 2 saturated heterocycles. The number of hydrogen-bond acceptors (Lipinski definition) is 4. The van der Waals surface area contributed by atoms with E-state index in [1.165, 1.54) is 12.1 Å². The summed E-state index contributed by atoms with van der Waals surface area (Å²) in [6.45, 7) is 5.30. The predicted octanol–water partition coefficient (Wildman–Crippen LogP) is -0.0999. The Kier molecular flexibility index (Phi) is 5.11. The molecule has 3 rings (SSSR count). The summed E-state index contributed by atoms with van der Waals surface area (Å²) in [6, 6.07) is 6.65. The molecule has 130 valence electrons. The number of piperazine rings is 2. The number of rotatable bonds is 5. The molecule has 0 bridgehead atoms. The quantitative estimate of drug-likeness (QED) is 0.764. The number of hydrogen-bond donors (Lipinski definition) is 1. The van der Waals surface area contributed by atoms with Gasteiger partial charge in [-0.15, -0.1) is 0 Å². The van der Waals surface area contributed by atoms with Gasteiger partial charge in [-0.05, 0) is 24.7 Å². The Labute approximate surface area is 141 Å². The van der Waals surface area contributed by atoms with Crippen LogP contribution in [0.2, 0.25) is 0 Å². The van der Waals surface area contributed by atoms with E-state index >= 15 is 0 Å². The molecule has 2 aliphatic heterocycles. The highest BCUT2D eigenvalue weighted by atomic mass is 19.1. The molecule has 1 aromatic rings. The lowest BCUT2D eigenvalue weighted by Crippen LogP contribution is -2.65. The molecular weight excluding hydrogens is 311 g/mol. The summed E-state index contributed by atoms with van der Waals surface area (Å²) in [7, 11) is 2.05. The highest BCUT2D eigenvalue weighted by molar-refractivity contribution is 6.35. The molecule has 0 saturated carbocycles. The summed E-state index contributed by atoms with van der Waals surface area (Å²) in [5, 5.41) is 2.66. The first-order valence-electron chi connectivity index (χ1n) is 8.27. The van der Waals surface area contributed by atoms with E-state index in [4.69, 9.17) is 0 Å². The van der Waals surface area contributed by atoms with Crippen LogP contribution in [-0.4, -0.2) is 78.9 Å². The van der Waals surface area contributed by atoms with Gasteiger partial charge in [0.25, 0.3) is 0 Å². The number of nitrogens with one attached hydrogen (secondary N) is 1. The number of carbonyl (C=O) groups is 2. The second kappa shape index (κ2) is 7.27. The zero-order chi connectivity index (χ0) is 17.1. The van der Waals surface area contributed by atoms with Crippen LogP contribution in [0, 0.1) is 5.82 Å². The third-order valence-corrected chi connectivity index (χ3v) is 4.68. The first-order chi connectivity index (χ1) is 11.5. The largest absolute Gasteiger partial charge is 0.346 e. The SMILES string of the molecule is CN(CCN1CCN2C(=O)C(=O)NC[C@@H]2C1)Cc1ccc(F)cc1. The first kappa shape index (κ1) is 16.9. The molecule has 0 unspecified atom stereocenters. The van der Waals surface area contributed by atoms with Crippen LogP contribution >= 0.6 is 0 Å². The second-order valence-corrected chi connectivity index (χ2v) is 6.53. The Bertz CT molecular complexity index is 607.